The van der Waals surface area contributed by atoms with Gasteiger partial charge in [0.05, 0.1) is 12.5 Å². The van der Waals surface area contributed by atoms with Crippen molar-refractivity contribution in [3.05, 3.63) is 0 Å². The van der Waals surface area contributed by atoms with Gasteiger partial charge in [0.2, 0.25) is 23.6 Å². The van der Waals surface area contributed by atoms with Crippen LogP contribution in [0.25, 0.3) is 0 Å². The minimum absolute atomic E-state index is 0.263. The summed E-state index contributed by atoms with van der Waals surface area (Å²) in [5, 5.41) is 25.1. The maximum atomic E-state index is 12.6. The summed E-state index contributed by atoms with van der Waals surface area (Å²) in [6.45, 7) is 4.67. The van der Waals surface area contributed by atoms with Crippen molar-refractivity contribution < 1.29 is 39.0 Å². The van der Waals surface area contributed by atoms with Crippen molar-refractivity contribution in [3.8, 4) is 0 Å². The molecule has 0 fully saturated rings. The summed E-state index contributed by atoms with van der Waals surface area (Å²) in [5.41, 5.74) is 10.5. The van der Waals surface area contributed by atoms with Crippen LogP contribution in [-0.2, 0) is 28.8 Å². The van der Waals surface area contributed by atoms with Gasteiger partial charge in [-0.15, -0.1) is 0 Å². The van der Waals surface area contributed by atoms with Gasteiger partial charge >= 0.3 is 11.9 Å². The van der Waals surface area contributed by atoms with Gasteiger partial charge in [0.25, 0.3) is 0 Å². The van der Waals surface area contributed by atoms with E-state index >= 15 is 0 Å². The average Bonchev–Trinajstić information content (AvgIpc) is 2.66. The van der Waals surface area contributed by atoms with Gasteiger partial charge in [-0.2, -0.15) is 0 Å². The first kappa shape index (κ1) is 27.8. The summed E-state index contributed by atoms with van der Waals surface area (Å²) in [6, 6.07) is -5.22. The fraction of sp³-hybridized carbons (Fsp3) is 0.667. The normalized spacial score (nSPS) is 15.5. The number of carbonyl (C=O) groups is 6. The molecule has 0 saturated carbocycles. The fourth-order valence-electron chi connectivity index (χ4n) is 2.45. The number of rotatable bonds is 14. The van der Waals surface area contributed by atoms with Crippen molar-refractivity contribution in [1.82, 2.24) is 16.0 Å². The van der Waals surface area contributed by atoms with E-state index in [4.69, 9.17) is 16.6 Å². The molecule has 13 nitrogen and oxygen atoms in total. The van der Waals surface area contributed by atoms with Crippen LogP contribution >= 0.6 is 0 Å². The Morgan fingerprint density at radius 3 is 1.81 bits per heavy atom. The second-order valence-electron chi connectivity index (χ2n) is 7.22. The predicted molar refractivity (Wildman–Crippen MR) is 107 cm³/mol. The number of nitrogens with one attached hydrogen (secondary N) is 3. The van der Waals surface area contributed by atoms with Gasteiger partial charge in [0.1, 0.15) is 18.1 Å². The first-order valence-corrected chi connectivity index (χ1v) is 9.69. The topological polar surface area (TPSA) is 231 Å². The van der Waals surface area contributed by atoms with Gasteiger partial charge in [0.15, 0.2) is 0 Å². The third-order valence-corrected chi connectivity index (χ3v) is 4.51. The van der Waals surface area contributed by atoms with Crippen LogP contribution in [0.1, 0.15) is 46.5 Å². The highest BCUT2D eigenvalue weighted by atomic mass is 16.4. The summed E-state index contributed by atoms with van der Waals surface area (Å²) in [4.78, 5) is 70.6. The van der Waals surface area contributed by atoms with Gasteiger partial charge < -0.3 is 37.6 Å². The Morgan fingerprint density at radius 1 is 0.871 bits per heavy atom. The van der Waals surface area contributed by atoms with Gasteiger partial charge in [-0.25, -0.2) is 4.79 Å². The SMILES string of the molecule is CCC(C)C(NC(=O)C(CCC(N)=O)NC(=O)C(CC(=O)O)NC(=O)C(C)N)C(=O)O. The van der Waals surface area contributed by atoms with Crippen LogP contribution in [0.2, 0.25) is 0 Å². The highest BCUT2D eigenvalue weighted by molar-refractivity contribution is 5.95. The summed E-state index contributed by atoms with van der Waals surface area (Å²) >= 11 is 0. The van der Waals surface area contributed by atoms with Crippen LogP contribution in [0.5, 0.6) is 0 Å². The van der Waals surface area contributed by atoms with Gasteiger partial charge in [-0.1, -0.05) is 20.3 Å². The monoisotopic (exact) mass is 445 g/mol. The number of hydrogen-bond donors (Lipinski definition) is 7. The maximum absolute atomic E-state index is 12.6. The highest BCUT2D eigenvalue weighted by Crippen LogP contribution is 2.09. The molecule has 0 heterocycles. The third-order valence-electron chi connectivity index (χ3n) is 4.51. The van der Waals surface area contributed by atoms with E-state index < -0.39 is 72.1 Å². The Labute approximate surface area is 179 Å². The molecule has 0 aromatic heterocycles. The molecule has 4 amide bonds. The molecule has 13 heteroatoms. The van der Waals surface area contributed by atoms with Crippen LogP contribution in [0.3, 0.4) is 0 Å². The zero-order valence-corrected chi connectivity index (χ0v) is 17.7. The number of aliphatic carboxylic acids is 2. The molecule has 0 aromatic carbocycles. The van der Waals surface area contributed by atoms with Crippen molar-refractivity contribution >= 4 is 35.6 Å². The van der Waals surface area contributed by atoms with E-state index in [1.54, 1.807) is 13.8 Å². The van der Waals surface area contributed by atoms with E-state index in [1.807, 2.05) is 0 Å². The van der Waals surface area contributed by atoms with Crippen LogP contribution in [0.4, 0.5) is 0 Å². The minimum atomic E-state index is -1.55. The number of nitrogens with two attached hydrogens (primary N) is 2. The number of carbonyl (C=O) groups excluding carboxylic acids is 4. The lowest BCUT2D eigenvalue weighted by molar-refractivity contribution is -0.144. The molecule has 0 bridgehead atoms. The lowest BCUT2D eigenvalue weighted by Crippen LogP contribution is -2.58. The lowest BCUT2D eigenvalue weighted by Gasteiger charge is -2.26. The van der Waals surface area contributed by atoms with Gasteiger partial charge in [0, 0.05) is 6.42 Å². The summed E-state index contributed by atoms with van der Waals surface area (Å²) in [7, 11) is 0. The number of amides is 4. The Morgan fingerprint density at radius 2 is 1.39 bits per heavy atom. The van der Waals surface area contributed by atoms with Crippen molar-refractivity contribution in [2.24, 2.45) is 17.4 Å². The van der Waals surface area contributed by atoms with Gasteiger partial charge in [-0.05, 0) is 19.3 Å². The van der Waals surface area contributed by atoms with E-state index in [0.29, 0.717) is 6.42 Å². The van der Waals surface area contributed by atoms with Gasteiger partial charge in [-0.3, -0.25) is 24.0 Å². The molecular formula is C18H31N5O8. The molecule has 176 valence electrons. The van der Waals surface area contributed by atoms with Crippen LogP contribution < -0.4 is 27.4 Å². The van der Waals surface area contributed by atoms with E-state index in [-0.39, 0.29) is 12.8 Å². The van der Waals surface area contributed by atoms with Crippen molar-refractivity contribution in [2.45, 2.75) is 70.6 Å². The molecule has 0 spiro atoms. The first-order chi connectivity index (χ1) is 14.3. The molecule has 0 rings (SSSR count). The Balaban J connectivity index is 5.57. The standard InChI is InChI=1S/C18H31N5O8/c1-4-8(2)14(18(30)31)23-16(28)10(5-6-12(20)24)21-17(29)11(7-13(25)26)22-15(27)9(3)19/h8-11,14H,4-7,19H2,1-3H3,(H2,20,24)(H,21,29)(H,22,27)(H,23,28)(H,25,26)(H,30,31). The number of primary amides is 1. The molecule has 0 aromatic rings. The number of carboxylic acid groups (broad SMARTS) is 2. The summed E-state index contributed by atoms with van der Waals surface area (Å²) in [6.07, 6.45) is -0.922. The fourth-order valence-corrected chi connectivity index (χ4v) is 2.45. The lowest BCUT2D eigenvalue weighted by atomic mass is 9.98. The smallest absolute Gasteiger partial charge is 0.326 e. The van der Waals surface area contributed by atoms with E-state index in [9.17, 15) is 33.9 Å². The molecule has 5 unspecified atom stereocenters. The predicted octanol–water partition coefficient (Wildman–Crippen LogP) is -2.34. The summed E-state index contributed by atoms with van der Waals surface area (Å²) in [5.74, 6) is -6.58. The van der Waals surface area contributed by atoms with E-state index in [2.05, 4.69) is 16.0 Å². The molecule has 0 radical (unpaired) electrons. The van der Waals surface area contributed by atoms with Crippen LogP contribution in [0.15, 0.2) is 0 Å². The second-order valence-corrected chi connectivity index (χ2v) is 7.22. The van der Waals surface area contributed by atoms with Crippen LogP contribution in [0, 0.1) is 5.92 Å². The van der Waals surface area contributed by atoms with Crippen molar-refractivity contribution in [2.75, 3.05) is 0 Å². The molecule has 5 atom stereocenters. The molecule has 31 heavy (non-hydrogen) atoms. The zero-order valence-electron chi connectivity index (χ0n) is 17.7. The Kier molecular flexibility index (Phi) is 11.8. The molecular weight excluding hydrogens is 414 g/mol. The second kappa shape index (κ2) is 13.2. The Hall–Kier alpha value is -3.22. The first-order valence-electron chi connectivity index (χ1n) is 9.69. The van der Waals surface area contributed by atoms with E-state index in [0.717, 1.165) is 0 Å². The number of hydrogen-bond acceptors (Lipinski definition) is 7. The zero-order chi connectivity index (χ0) is 24.3. The minimum Gasteiger partial charge on any atom is -0.481 e. The largest absolute Gasteiger partial charge is 0.481 e. The molecule has 0 aliphatic carbocycles. The Bertz CT molecular complexity index is 696. The average molecular weight is 445 g/mol. The molecule has 0 aliphatic rings. The number of carboxylic acids is 2. The van der Waals surface area contributed by atoms with Crippen molar-refractivity contribution in [1.29, 1.82) is 0 Å². The van der Waals surface area contributed by atoms with E-state index in [1.165, 1.54) is 6.92 Å². The molecule has 0 saturated heterocycles. The quantitative estimate of drug-likeness (QED) is 0.151. The molecule has 0 aliphatic heterocycles. The third kappa shape index (κ3) is 10.4. The summed E-state index contributed by atoms with van der Waals surface area (Å²) < 4.78 is 0. The highest BCUT2D eigenvalue weighted by Gasteiger charge is 2.32. The van der Waals surface area contributed by atoms with Crippen LogP contribution in [-0.4, -0.2) is 69.9 Å². The van der Waals surface area contributed by atoms with Crippen molar-refractivity contribution in [3.63, 3.8) is 0 Å². The molecule has 9 N–H and O–H groups in total. The maximum Gasteiger partial charge on any atom is 0.326 e.